The highest BCUT2D eigenvalue weighted by Crippen LogP contribution is 2.22. The number of nitrogens with one attached hydrogen (secondary N) is 2. The minimum atomic E-state index is -0.613. The summed E-state index contributed by atoms with van der Waals surface area (Å²) < 4.78 is 1.42. The summed E-state index contributed by atoms with van der Waals surface area (Å²) in [5.41, 5.74) is 1.57. The molecule has 0 fully saturated rings. The number of pyridine rings is 1. The van der Waals surface area contributed by atoms with Gasteiger partial charge < -0.3 is 10.2 Å². The lowest BCUT2D eigenvalue weighted by Gasteiger charge is -2.15. The molecule has 0 saturated heterocycles. The van der Waals surface area contributed by atoms with Gasteiger partial charge in [0.15, 0.2) is 5.65 Å². The molecule has 3 rings (SSSR count). The van der Waals surface area contributed by atoms with Crippen LogP contribution in [0.15, 0.2) is 39.9 Å². The molecule has 30 heavy (non-hydrogen) atoms. The molecule has 0 unspecified atom stereocenters. The van der Waals surface area contributed by atoms with Gasteiger partial charge in [0.2, 0.25) is 0 Å². The number of benzene rings is 1. The summed E-state index contributed by atoms with van der Waals surface area (Å²) in [5, 5.41) is 2.97. The van der Waals surface area contributed by atoms with E-state index >= 15 is 0 Å². The summed E-state index contributed by atoms with van der Waals surface area (Å²) in [6.07, 6.45) is 0.689. The zero-order valence-corrected chi connectivity index (χ0v) is 17.9. The molecule has 0 spiro atoms. The van der Waals surface area contributed by atoms with Crippen LogP contribution in [0.5, 0.6) is 0 Å². The number of aromatic nitrogens is 3. The van der Waals surface area contributed by atoms with Gasteiger partial charge in [-0.2, -0.15) is 0 Å². The molecule has 2 aromatic heterocycles. The first-order valence-corrected chi connectivity index (χ1v) is 9.99. The SMILES string of the molecule is CCCn1c(=O)[nH]c(=O)c2c(C(=O)Nc3ccc(N(C)C)cc3)cc(C(C)C)nc21. The second kappa shape index (κ2) is 8.52. The summed E-state index contributed by atoms with van der Waals surface area (Å²) in [4.78, 5) is 47.0. The van der Waals surface area contributed by atoms with E-state index < -0.39 is 17.2 Å². The quantitative estimate of drug-likeness (QED) is 0.652. The van der Waals surface area contributed by atoms with Crippen molar-refractivity contribution in [2.45, 2.75) is 39.7 Å². The predicted octanol–water partition coefficient (Wildman–Crippen LogP) is 2.94. The largest absolute Gasteiger partial charge is 0.378 e. The van der Waals surface area contributed by atoms with Crippen molar-refractivity contribution < 1.29 is 4.79 Å². The third kappa shape index (κ3) is 4.12. The zero-order valence-electron chi connectivity index (χ0n) is 17.9. The third-order valence-electron chi connectivity index (χ3n) is 4.89. The minimum absolute atomic E-state index is 0.0183. The number of hydrogen-bond donors (Lipinski definition) is 2. The molecule has 2 heterocycles. The maximum absolute atomic E-state index is 13.1. The maximum Gasteiger partial charge on any atom is 0.329 e. The van der Waals surface area contributed by atoms with Crippen molar-refractivity contribution in [1.29, 1.82) is 0 Å². The van der Waals surface area contributed by atoms with E-state index in [2.05, 4.69) is 15.3 Å². The first kappa shape index (κ1) is 21.3. The lowest BCUT2D eigenvalue weighted by atomic mass is 10.0. The Labute approximate surface area is 174 Å². The molecule has 0 atom stereocenters. The number of anilines is 2. The molecule has 0 bridgehead atoms. The van der Waals surface area contributed by atoms with Crippen molar-refractivity contribution in [2.24, 2.45) is 0 Å². The fourth-order valence-corrected chi connectivity index (χ4v) is 3.24. The van der Waals surface area contributed by atoms with Gasteiger partial charge in [-0.15, -0.1) is 0 Å². The second-order valence-electron chi connectivity index (χ2n) is 7.75. The molecular weight excluding hydrogens is 382 g/mol. The van der Waals surface area contributed by atoms with Crippen LogP contribution in [0.3, 0.4) is 0 Å². The molecule has 0 aliphatic heterocycles. The van der Waals surface area contributed by atoms with Gasteiger partial charge in [0.1, 0.15) is 0 Å². The average Bonchev–Trinajstić information content (AvgIpc) is 2.70. The van der Waals surface area contributed by atoms with Crippen LogP contribution in [-0.2, 0) is 6.54 Å². The Bertz CT molecular complexity index is 1190. The van der Waals surface area contributed by atoms with Crippen LogP contribution in [0.25, 0.3) is 11.0 Å². The molecule has 0 saturated carbocycles. The molecule has 3 aromatic rings. The summed E-state index contributed by atoms with van der Waals surface area (Å²) in [5.74, 6) is -0.404. The lowest BCUT2D eigenvalue weighted by molar-refractivity contribution is 0.102. The molecule has 0 aliphatic carbocycles. The predicted molar refractivity (Wildman–Crippen MR) is 120 cm³/mol. The molecule has 1 amide bonds. The smallest absolute Gasteiger partial charge is 0.329 e. The van der Waals surface area contributed by atoms with Gasteiger partial charge in [-0.25, -0.2) is 9.78 Å². The zero-order chi connectivity index (χ0) is 22.0. The highest BCUT2D eigenvalue weighted by molar-refractivity contribution is 6.11. The van der Waals surface area contributed by atoms with Gasteiger partial charge in [-0.3, -0.25) is 19.1 Å². The topological polar surface area (TPSA) is 100 Å². The van der Waals surface area contributed by atoms with Crippen molar-refractivity contribution in [3.63, 3.8) is 0 Å². The number of nitrogens with zero attached hydrogens (tertiary/aromatic N) is 3. The van der Waals surface area contributed by atoms with Gasteiger partial charge in [-0.05, 0) is 42.7 Å². The van der Waals surface area contributed by atoms with Gasteiger partial charge >= 0.3 is 5.69 Å². The minimum Gasteiger partial charge on any atom is -0.378 e. The normalized spacial score (nSPS) is 11.1. The van der Waals surface area contributed by atoms with Crippen LogP contribution < -0.4 is 21.5 Å². The van der Waals surface area contributed by atoms with E-state index in [0.717, 1.165) is 5.69 Å². The van der Waals surface area contributed by atoms with E-state index in [4.69, 9.17) is 0 Å². The standard InChI is InChI=1S/C22H27N5O3/c1-6-11-27-19-18(21(29)25-22(27)30)16(12-17(24-19)13(2)3)20(28)23-14-7-9-15(10-8-14)26(4)5/h7-10,12-13H,6,11H2,1-5H3,(H,23,28)(H,25,29,30). The van der Waals surface area contributed by atoms with Gasteiger partial charge in [0.25, 0.3) is 11.5 Å². The van der Waals surface area contributed by atoms with Crippen LogP contribution in [0.1, 0.15) is 49.2 Å². The molecule has 158 valence electrons. The van der Waals surface area contributed by atoms with Crippen molar-refractivity contribution in [3.05, 3.63) is 62.4 Å². The number of carbonyl (C=O) groups excluding carboxylic acids is 1. The molecule has 8 heteroatoms. The fraction of sp³-hybridized carbons (Fsp3) is 0.364. The Balaban J connectivity index is 2.16. The first-order valence-electron chi connectivity index (χ1n) is 9.99. The molecule has 0 radical (unpaired) electrons. The van der Waals surface area contributed by atoms with Crippen LogP contribution in [0.2, 0.25) is 0 Å². The number of hydrogen-bond acceptors (Lipinski definition) is 5. The van der Waals surface area contributed by atoms with Crippen molar-refractivity contribution >= 4 is 28.3 Å². The van der Waals surface area contributed by atoms with Crippen LogP contribution in [0, 0.1) is 0 Å². The Kier molecular flexibility index (Phi) is 6.05. The molecule has 1 aromatic carbocycles. The molecule has 8 nitrogen and oxygen atoms in total. The number of fused-ring (bicyclic) bond motifs is 1. The number of amides is 1. The highest BCUT2D eigenvalue weighted by Gasteiger charge is 2.20. The van der Waals surface area contributed by atoms with E-state index in [1.54, 1.807) is 18.2 Å². The van der Waals surface area contributed by atoms with E-state index in [9.17, 15) is 14.4 Å². The number of H-pyrrole nitrogens is 1. The Morgan fingerprint density at radius 1 is 1.20 bits per heavy atom. The van der Waals surface area contributed by atoms with E-state index in [1.165, 1.54) is 4.57 Å². The van der Waals surface area contributed by atoms with Crippen molar-refractivity contribution in [3.8, 4) is 0 Å². The number of carbonyl (C=O) groups is 1. The summed E-state index contributed by atoms with van der Waals surface area (Å²) >= 11 is 0. The van der Waals surface area contributed by atoms with Gasteiger partial charge in [0.05, 0.1) is 10.9 Å². The molecule has 0 aliphatic rings. The highest BCUT2D eigenvalue weighted by atomic mass is 16.2. The average molecular weight is 409 g/mol. The summed E-state index contributed by atoms with van der Waals surface area (Å²) in [6.45, 7) is 6.23. The number of aryl methyl sites for hydroxylation is 1. The molecule has 2 N–H and O–H groups in total. The Morgan fingerprint density at radius 3 is 2.43 bits per heavy atom. The fourth-order valence-electron chi connectivity index (χ4n) is 3.24. The van der Waals surface area contributed by atoms with Gasteiger partial charge in [0, 0.05) is 37.7 Å². The lowest BCUT2D eigenvalue weighted by Crippen LogP contribution is -2.32. The summed E-state index contributed by atoms with van der Waals surface area (Å²) in [6, 6.07) is 9.03. The van der Waals surface area contributed by atoms with Gasteiger partial charge in [-0.1, -0.05) is 20.8 Å². The monoisotopic (exact) mass is 409 g/mol. The second-order valence-corrected chi connectivity index (χ2v) is 7.75. The number of rotatable bonds is 6. The van der Waals surface area contributed by atoms with Crippen LogP contribution in [-0.4, -0.2) is 34.5 Å². The summed E-state index contributed by atoms with van der Waals surface area (Å²) in [7, 11) is 3.87. The van der Waals surface area contributed by atoms with Crippen LogP contribution in [0.4, 0.5) is 11.4 Å². The Hall–Kier alpha value is -3.42. The van der Waals surface area contributed by atoms with Crippen molar-refractivity contribution in [2.75, 3.05) is 24.3 Å². The maximum atomic E-state index is 13.1. The first-order chi connectivity index (χ1) is 14.2. The molecular formula is C22H27N5O3. The van der Waals surface area contributed by atoms with Crippen molar-refractivity contribution in [1.82, 2.24) is 14.5 Å². The Morgan fingerprint density at radius 2 is 1.87 bits per heavy atom. The van der Waals surface area contributed by atoms with E-state index in [-0.39, 0.29) is 22.5 Å². The van der Waals surface area contributed by atoms with E-state index in [1.807, 2.05) is 51.9 Å². The van der Waals surface area contributed by atoms with E-state index in [0.29, 0.717) is 24.3 Å². The third-order valence-corrected chi connectivity index (χ3v) is 4.89. The number of aromatic amines is 1. The van der Waals surface area contributed by atoms with Crippen LogP contribution >= 0.6 is 0 Å².